The van der Waals surface area contributed by atoms with Gasteiger partial charge in [0.15, 0.2) is 6.73 Å². The third-order valence-corrected chi connectivity index (χ3v) is 5.43. The van der Waals surface area contributed by atoms with Crippen molar-refractivity contribution in [2.24, 2.45) is 0 Å². The van der Waals surface area contributed by atoms with Crippen molar-refractivity contribution in [3.63, 3.8) is 0 Å². The largest absolute Gasteiger partial charge is 0.492 e. The second-order valence-corrected chi connectivity index (χ2v) is 6.99. The highest BCUT2D eigenvalue weighted by atomic mass is 16.5. The van der Waals surface area contributed by atoms with E-state index in [2.05, 4.69) is 4.90 Å². The molecule has 0 fully saturated rings. The molecule has 0 atom stereocenters. The molecule has 0 spiro atoms. The maximum Gasteiger partial charge on any atom is 0.339 e. The number of anilines is 1. The Labute approximate surface area is 157 Å². The van der Waals surface area contributed by atoms with Crippen LogP contribution in [0.3, 0.4) is 0 Å². The van der Waals surface area contributed by atoms with E-state index in [0.717, 1.165) is 58.5 Å². The third kappa shape index (κ3) is 2.57. The highest BCUT2D eigenvalue weighted by Crippen LogP contribution is 2.38. The number of hydrogen-bond donors (Lipinski definition) is 0. The van der Waals surface area contributed by atoms with Crippen LogP contribution in [-0.2, 0) is 19.4 Å². The highest BCUT2D eigenvalue weighted by Gasteiger charge is 2.26. The molecule has 2 aliphatic rings. The molecule has 0 radical (unpaired) electrons. The van der Waals surface area contributed by atoms with E-state index < -0.39 is 0 Å². The fourth-order valence-electron chi connectivity index (χ4n) is 4.20. The first kappa shape index (κ1) is 16.2. The molecule has 0 saturated heterocycles. The fraction of sp³-hybridized carbons (Fsp3) is 0.318. The molecule has 0 amide bonds. The summed E-state index contributed by atoms with van der Waals surface area (Å²) in [5, 5.41) is 1.05. The van der Waals surface area contributed by atoms with Crippen LogP contribution in [0.5, 0.6) is 11.5 Å². The van der Waals surface area contributed by atoms with Crippen LogP contribution in [0.15, 0.2) is 45.6 Å². The van der Waals surface area contributed by atoms with Gasteiger partial charge in [-0.1, -0.05) is 12.1 Å². The third-order valence-electron chi connectivity index (χ3n) is 5.43. The van der Waals surface area contributed by atoms with Crippen LogP contribution in [0.4, 0.5) is 5.69 Å². The zero-order chi connectivity index (χ0) is 18.4. The quantitative estimate of drug-likeness (QED) is 0.658. The molecule has 0 unspecified atom stereocenters. The van der Waals surface area contributed by atoms with Crippen LogP contribution in [0.1, 0.15) is 30.0 Å². The van der Waals surface area contributed by atoms with E-state index in [1.54, 1.807) is 0 Å². The molecule has 0 saturated carbocycles. The maximum atomic E-state index is 12.5. The smallest absolute Gasteiger partial charge is 0.339 e. The van der Waals surface area contributed by atoms with E-state index in [9.17, 15) is 4.79 Å². The van der Waals surface area contributed by atoms with Gasteiger partial charge in [-0.15, -0.1) is 0 Å². The zero-order valence-corrected chi connectivity index (χ0v) is 15.3. The van der Waals surface area contributed by atoms with Crippen molar-refractivity contribution in [1.82, 2.24) is 0 Å². The molecular weight excluding hydrogens is 342 g/mol. The van der Waals surface area contributed by atoms with Crippen LogP contribution >= 0.6 is 0 Å². The van der Waals surface area contributed by atoms with Crippen molar-refractivity contribution in [2.75, 3.05) is 18.2 Å². The molecule has 5 rings (SSSR count). The van der Waals surface area contributed by atoms with E-state index >= 15 is 0 Å². The monoisotopic (exact) mass is 363 g/mol. The van der Waals surface area contributed by atoms with Gasteiger partial charge in [-0.25, -0.2) is 4.79 Å². The minimum atomic E-state index is -0.199. The van der Waals surface area contributed by atoms with Crippen molar-refractivity contribution in [3.8, 4) is 11.5 Å². The average Bonchev–Trinajstić information content (AvgIpc) is 3.19. The number of nitrogens with zero attached hydrogens (tertiary/aromatic N) is 1. The number of rotatable bonds is 3. The van der Waals surface area contributed by atoms with Gasteiger partial charge in [-0.05, 0) is 56.0 Å². The summed E-state index contributed by atoms with van der Waals surface area (Å²) in [4.78, 5) is 14.6. The summed E-state index contributed by atoms with van der Waals surface area (Å²) < 4.78 is 17.5. The minimum Gasteiger partial charge on any atom is -0.492 e. The lowest BCUT2D eigenvalue weighted by Gasteiger charge is -2.32. The molecule has 0 N–H and O–H groups in total. The molecule has 1 aromatic heterocycles. The molecule has 1 aliphatic heterocycles. The number of ether oxygens (including phenoxy) is 2. The summed E-state index contributed by atoms with van der Waals surface area (Å²) in [6, 6.07) is 12.0. The zero-order valence-electron chi connectivity index (χ0n) is 15.3. The number of fused-ring (bicyclic) bond motifs is 5. The van der Waals surface area contributed by atoms with Crippen LogP contribution in [-0.4, -0.2) is 13.3 Å². The Morgan fingerprint density at radius 3 is 2.81 bits per heavy atom. The van der Waals surface area contributed by atoms with E-state index in [-0.39, 0.29) is 5.63 Å². The predicted molar refractivity (Wildman–Crippen MR) is 104 cm³/mol. The van der Waals surface area contributed by atoms with Gasteiger partial charge in [0, 0.05) is 10.9 Å². The summed E-state index contributed by atoms with van der Waals surface area (Å²) in [6.45, 7) is 3.62. The Balaban J connectivity index is 1.62. The van der Waals surface area contributed by atoms with Crippen molar-refractivity contribution >= 4 is 16.7 Å². The predicted octanol–water partition coefficient (Wildman–Crippen LogP) is 4.04. The van der Waals surface area contributed by atoms with Crippen molar-refractivity contribution in [3.05, 3.63) is 63.5 Å². The Kier molecular flexibility index (Phi) is 3.81. The van der Waals surface area contributed by atoms with E-state index in [0.29, 0.717) is 25.5 Å². The first-order valence-corrected chi connectivity index (χ1v) is 9.46. The summed E-state index contributed by atoms with van der Waals surface area (Å²) >= 11 is 0. The van der Waals surface area contributed by atoms with E-state index in [1.165, 1.54) is 0 Å². The molecule has 5 nitrogen and oxygen atoms in total. The number of para-hydroxylation sites is 2. The molecular formula is C22H21NO4. The van der Waals surface area contributed by atoms with Crippen LogP contribution in [0.2, 0.25) is 0 Å². The first-order valence-electron chi connectivity index (χ1n) is 9.46. The van der Waals surface area contributed by atoms with Gasteiger partial charge in [0.05, 0.1) is 24.4 Å². The molecule has 3 aromatic rings. The SMILES string of the molecule is CCOc1ccccc1N1COc2ccc3c4c(c(=O)oc3c2C1)CCC4. The van der Waals surface area contributed by atoms with Crippen LogP contribution in [0, 0.1) is 0 Å². The van der Waals surface area contributed by atoms with Gasteiger partial charge in [-0.3, -0.25) is 0 Å². The van der Waals surface area contributed by atoms with Crippen molar-refractivity contribution in [2.45, 2.75) is 32.7 Å². The summed E-state index contributed by atoms with van der Waals surface area (Å²) in [5.74, 6) is 1.61. The van der Waals surface area contributed by atoms with E-state index in [1.807, 2.05) is 43.3 Å². The minimum absolute atomic E-state index is 0.199. The molecule has 138 valence electrons. The molecule has 0 bridgehead atoms. The molecule has 2 aromatic carbocycles. The standard InChI is InChI=1S/C22H21NO4/c1-2-25-20-9-4-3-8-18(20)23-12-17-19(26-13-23)11-10-15-14-6-5-7-16(14)22(24)27-21(15)17/h3-4,8-11H,2,5-7,12-13H2,1H3. The van der Waals surface area contributed by atoms with Gasteiger partial charge >= 0.3 is 5.63 Å². The first-order chi connectivity index (χ1) is 13.3. The Hall–Kier alpha value is -2.95. The maximum absolute atomic E-state index is 12.5. The molecule has 1 aliphatic carbocycles. The second kappa shape index (κ2) is 6.34. The van der Waals surface area contributed by atoms with Crippen molar-refractivity contribution < 1.29 is 13.9 Å². The normalized spacial score (nSPS) is 15.4. The lowest BCUT2D eigenvalue weighted by atomic mass is 10.0. The lowest BCUT2D eigenvalue weighted by Crippen LogP contribution is -2.32. The summed E-state index contributed by atoms with van der Waals surface area (Å²) in [5.41, 5.74) is 4.36. The number of benzene rings is 2. The molecule has 27 heavy (non-hydrogen) atoms. The Morgan fingerprint density at radius 1 is 1.07 bits per heavy atom. The van der Waals surface area contributed by atoms with Gasteiger partial charge in [0.25, 0.3) is 0 Å². The second-order valence-electron chi connectivity index (χ2n) is 6.99. The molecule has 2 heterocycles. The highest BCUT2D eigenvalue weighted by molar-refractivity contribution is 5.87. The molecule has 5 heteroatoms. The van der Waals surface area contributed by atoms with Gasteiger partial charge < -0.3 is 18.8 Å². The summed E-state index contributed by atoms with van der Waals surface area (Å²) in [7, 11) is 0. The van der Waals surface area contributed by atoms with Gasteiger partial charge in [0.2, 0.25) is 0 Å². The number of aryl methyl sites for hydroxylation is 1. The van der Waals surface area contributed by atoms with E-state index in [4.69, 9.17) is 13.9 Å². The van der Waals surface area contributed by atoms with Crippen LogP contribution < -0.4 is 20.0 Å². The Morgan fingerprint density at radius 2 is 1.93 bits per heavy atom. The topological polar surface area (TPSA) is 51.9 Å². The number of hydrogen-bond acceptors (Lipinski definition) is 5. The van der Waals surface area contributed by atoms with Gasteiger partial charge in [0.1, 0.15) is 17.1 Å². The fourth-order valence-corrected chi connectivity index (χ4v) is 4.20. The van der Waals surface area contributed by atoms with Crippen LogP contribution in [0.25, 0.3) is 11.0 Å². The summed E-state index contributed by atoms with van der Waals surface area (Å²) in [6.07, 6.45) is 2.77. The van der Waals surface area contributed by atoms with Gasteiger partial charge in [-0.2, -0.15) is 0 Å². The van der Waals surface area contributed by atoms with Crippen molar-refractivity contribution in [1.29, 1.82) is 0 Å². The lowest BCUT2D eigenvalue weighted by molar-refractivity contribution is 0.284. The Bertz CT molecular complexity index is 1090. The average molecular weight is 363 g/mol.